The van der Waals surface area contributed by atoms with Gasteiger partial charge in [0.2, 0.25) is 0 Å². The summed E-state index contributed by atoms with van der Waals surface area (Å²) in [7, 11) is 0. The van der Waals surface area contributed by atoms with Crippen LogP contribution in [0.5, 0.6) is 5.75 Å². The molecule has 0 aliphatic carbocycles. The van der Waals surface area contributed by atoms with Crippen LogP contribution in [0.25, 0.3) is 0 Å². The van der Waals surface area contributed by atoms with Crippen LogP contribution in [-0.4, -0.2) is 39.7 Å². The van der Waals surface area contributed by atoms with Gasteiger partial charge in [0, 0.05) is 5.56 Å². The van der Waals surface area contributed by atoms with Gasteiger partial charge < -0.3 is 25.2 Å². The average Bonchev–Trinajstić information content (AvgIpc) is 2.38. The topological polar surface area (TPSA) is 90.2 Å². The van der Waals surface area contributed by atoms with Crippen LogP contribution in [0.1, 0.15) is 31.1 Å². The normalized spacial score (nSPS) is 12.7. The van der Waals surface area contributed by atoms with Gasteiger partial charge in [-0.05, 0) is 31.4 Å². The van der Waals surface area contributed by atoms with Gasteiger partial charge in [0.25, 0.3) is 0 Å². The molecule has 0 saturated carbocycles. The van der Waals surface area contributed by atoms with Crippen LogP contribution in [0.15, 0.2) is 24.3 Å². The van der Waals surface area contributed by atoms with Crippen molar-refractivity contribution in [3.8, 4) is 5.75 Å². The van der Waals surface area contributed by atoms with E-state index in [1.807, 2.05) is 0 Å². The SMILES string of the molecule is OCC(O)CCCCOc1ccc(C(O)O)cc1. The Labute approximate surface area is 106 Å². The first-order valence-electron chi connectivity index (χ1n) is 6.01. The smallest absolute Gasteiger partial charge is 0.178 e. The Morgan fingerprint density at radius 3 is 2.22 bits per heavy atom. The van der Waals surface area contributed by atoms with Crippen LogP contribution < -0.4 is 4.74 Å². The molecule has 5 nitrogen and oxygen atoms in total. The van der Waals surface area contributed by atoms with Gasteiger partial charge in [0.15, 0.2) is 6.29 Å². The second-order valence-electron chi connectivity index (χ2n) is 4.12. The lowest BCUT2D eigenvalue weighted by Crippen LogP contribution is -2.11. The van der Waals surface area contributed by atoms with Crippen LogP contribution in [0.3, 0.4) is 0 Å². The monoisotopic (exact) mass is 256 g/mol. The first kappa shape index (κ1) is 14.9. The van der Waals surface area contributed by atoms with E-state index in [2.05, 4.69) is 0 Å². The summed E-state index contributed by atoms with van der Waals surface area (Å²) in [4.78, 5) is 0. The van der Waals surface area contributed by atoms with Crippen molar-refractivity contribution in [3.05, 3.63) is 29.8 Å². The predicted octanol–water partition coefficient (Wildman–Crippen LogP) is 0.572. The van der Waals surface area contributed by atoms with Crippen LogP contribution >= 0.6 is 0 Å². The third kappa shape index (κ3) is 5.46. The van der Waals surface area contributed by atoms with Gasteiger partial charge in [-0.25, -0.2) is 0 Å². The van der Waals surface area contributed by atoms with E-state index < -0.39 is 12.4 Å². The van der Waals surface area contributed by atoms with E-state index in [9.17, 15) is 0 Å². The Balaban J connectivity index is 2.19. The number of aliphatic hydroxyl groups is 4. The maximum atomic E-state index is 9.12. The molecular formula is C13H20O5. The molecule has 18 heavy (non-hydrogen) atoms. The molecule has 0 bridgehead atoms. The summed E-state index contributed by atoms with van der Waals surface area (Å²) < 4.78 is 5.45. The molecule has 1 atom stereocenters. The molecule has 1 aromatic carbocycles. The molecule has 0 aliphatic rings. The lowest BCUT2D eigenvalue weighted by atomic mass is 10.2. The van der Waals surface area contributed by atoms with E-state index in [-0.39, 0.29) is 6.61 Å². The molecule has 1 rings (SSSR count). The molecule has 0 aliphatic heterocycles. The quantitative estimate of drug-likeness (QED) is 0.403. The third-order valence-corrected chi connectivity index (χ3v) is 2.59. The minimum absolute atomic E-state index is 0.203. The fourth-order valence-corrected chi connectivity index (χ4v) is 1.50. The standard InChI is InChI=1S/C13H20O5/c14-9-11(15)3-1-2-8-18-12-6-4-10(5-7-12)13(16)17/h4-7,11,13-17H,1-3,8-9H2. The van der Waals surface area contributed by atoms with Crippen molar-refractivity contribution in [1.29, 1.82) is 0 Å². The molecule has 1 unspecified atom stereocenters. The molecule has 0 radical (unpaired) electrons. The number of hydrogen-bond donors (Lipinski definition) is 4. The molecule has 0 saturated heterocycles. The Bertz CT molecular complexity index is 323. The fraction of sp³-hybridized carbons (Fsp3) is 0.538. The highest BCUT2D eigenvalue weighted by molar-refractivity contribution is 5.27. The van der Waals surface area contributed by atoms with Gasteiger partial charge in [0.1, 0.15) is 5.75 Å². The van der Waals surface area contributed by atoms with Crippen LogP contribution in [-0.2, 0) is 0 Å². The fourth-order valence-electron chi connectivity index (χ4n) is 1.50. The van der Waals surface area contributed by atoms with Crippen molar-refractivity contribution < 1.29 is 25.2 Å². The zero-order chi connectivity index (χ0) is 13.4. The first-order chi connectivity index (χ1) is 8.63. The van der Waals surface area contributed by atoms with Crippen LogP contribution in [0.2, 0.25) is 0 Å². The molecule has 5 heteroatoms. The molecule has 4 N–H and O–H groups in total. The zero-order valence-corrected chi connectivity index (χ0v) is 10.2. The molecule has 1 aromatic rings. The molecule has 0 heterocycles. The Morgan fingerprint density at radius 1 is 1.00 bits per heavy atom. The maximum Gasteiger partial charge on any atom is 0.178 e. The molecular weight excluding hydrogens is 236 g/mol. The van der Waals surface area contributed by atoms with E-state index in [0.717, 1.165) is 12.8 Å². The summed E-state index contributed by atoms with van der Waals surface area (Å²) in [5.41, 5.74) is 0.424. The molecule has 102 valence electrons. The minimum Gasteiger partial charge on any atom is -0.494 e. The average molecular weight is 256 g/mol. The highest BCUT2D eigenvalue weighted by atomic mass is 16.5. The second kappa shape index (κ2) is 8.05. The van der Waals surface area contributed by atoms with Crippen LogP contribution in [0.4, 0.5) is 0 Å². The van der Waals surface area contributed by atoms with Gasteiger partial charge in [-0.2, -0.15) is 0 Å². The van der Waals surface area contributed by atoms with Gasteiger partial charge in [0.05, 0.1) is 19.3 Å². The van der Waals surface area contributed by atoms with E-state index in [4.69, 9.17) is 25.2 Å². The Morgan fingerprint density at radius 2 is 1.67 bits per heavy atom. The van der Waals surface area contributed by atoms with Crippen molar-refractivity contribution in [3.63, 3.8) is 0 Å². The highest BCUT2D eigenvalue weighted by Crippen LogP contribution is 2.16. The van der Waals surface area contributed by atoms with Crippen molar-refractivity contribution in [2.45, 2.75) is 31.7 Å². The highest BCUT2D eigenvalue weighted by Gasteiger charge is 2.03. The summed E-state index contributed by atoms with van der Waals surface area (Å²) in [6, 6.07) is 6.54. The van der Waals surface area contributed by atoms with Gasteiger partial charge in [-0.1, -0.05) is 12.1 Å². The summed E-state index contributed by atoms with van der Waals surface area (Å²) in [5, 5.41) is 35.5. The summed E-state index contributed by atoms with van der Waals surface area (Å²) in [6.07, 6.45) is 0.0425. The van der Waals surface area contributed by atoms with Crippen molar-refractivity contribution in [1.82, 2.24) is 0 Å². The number of rotatable bonds is 8. The predicted molar refractivity (Wildman–Crippen MR) is 66.1 cm³/mol. The number of unbranched alkanes of at least 4 members (excludes halogenated alkanes) is 1. The second-order valence-corrected chi connectivity index (χ2v) is 4.12. The van der Waals surface area contributed by atoms with Gasteiger partial charge in [-0.3, -0.25) is 0 Å². The van der Waals surface area contributed by atoms with E-state index in [0.29, 0.717) is 24.3 Å². The summed E-state index contributed by atoms with van der Waals surface area (Å²) in [5.74, 6) is 0.669. The number of benzene rings is 1. The molecule has 0 amide bonds. The Hall–Kier alpha value is -1.14. The Kier molecular flexibility index (Phi) is 6.67. The van der Waals surface area contributed by atoms with Crippen LogP contribution in [0, 0.1) is 0 Å². The maximum absolute atomic E-state index is 9.12. The summed E-state index contributed by atoms with van der Waals surface area (Å²) in [6.45, 7) is 0.324. The first-order valence-corrected chi connectivity index (χ1v) is 6.01. The molecule has 0 aromatic heterocycles. The lowest BCUT2D eigenvalue weighted by Gasteiger charge is -2.09. The number of aliphatic hydroxyl groups excluding tert-OH is 3. The summed E-state index contributed by atoms with van der Waals surface area (Å²) >= 11 is 0. The lowest BCUT2D eigenvalue weighted by molar-refractivity contribution is -0.0425. The van der Waals surface area contributed by atoms with Gasteiger partial charge >= 0.3 is 0 Å². The molecule has 0 spiro atoms. The zero-order valence-electron chi connectivity index (χ0n) is 10.2. The number of hydrogen-bond acceptors (Lipinski definition) is 5. The minimum atomic E-state index is -1.46. The largest absolute Gasteiger partial charge is 0.494 e. The van der Waals surface area contributed by atoms with E-state index in [1.54, 1.807) is 24.3 Å². The van der Waals surface area contributed by atoms with Gasteiger partial charge in [-0.15, -0.1) is 0 Å². The van der Waals surface area contributed by atoms with E-state index >= 15 is 0 Å². The van der Waals surface area contributed by atoms with Crippen molar-refractivity contribution in [2.75, 3.05) is 13.2 Å². The van der Waals surface area contributed by atoms with Crippen molar-refractivity contribution >= 4 is 0 Å². The van der Waals surface area contributed by atoms with Crippen molar-refractivity contribution in [2.24, 2.45) is 0 Å². The number of ether oxygens (including phenoxy) is 1. The van der Waals surface area contributed by atoms with E-state index in [1.165, 1.54) is 0 Å². The molecule has 0 fully saturated rings. The third-order valence-electron chi connectivity index (χ3n) is 2.59.